The third-order valence-corrected chi connectivity index (χ3v) is 8.42. The molecule has 5 unspecified atom stereocenters. The number of nitrogens with one attached hydrogen (secondary N) is 1. The highest BCUT2D eigenvalue weighted by Gasteiger charge is 2.45. The standard InChI is InChI=1S/C35H34N2O10/c1-18-11-20-12-22(44-2)13-27(30(20)32(41)29(18)26(39)8-7-25(38)19-9-10-36-14-19)46-35-34(43)33(42)31(40)28(47-35)17-45-16-21-15-37-24-6-4-3-5-23(21)24/h3-6,9-15,28,31,33-35,40,42-43H,7-8,16-17H2,1-2H3,(H-,36,38,39,41)/p+1. The van der Waals surface area contributed by atoms with Crippen LogP contribution in [-0.2, 0) is 9.47 Å². The number of carbonyl (C=O) groups excluding carboxylic acids is 2. The van der Waals surface area contributed by atoms with Crippen molar-refractivity contribution in [3.05, 3.63) is 94.8 Å². The molecular weight excluding hydrogens is 608 g/mol. The first kappa shape index (κ1) is 32.2. The number of aromatic amines is 1. The molecule has 0 bridgehead atoms. The van der Waals surface area contributed by atoms with Crippen LogP contribution in [0.15, 0.2) is 76.7 Å². The number of phenolic OH excluding ortho intramolecular Hbond substituents is 1. The van der Waals surface area contributed by atoms with Crippen LogP contribution in [0.1, 0.15) is 39.1 Å². The zero-order chi connectivity index (χ0) is 33.2. The van der Waals surface area contributed by atoms with Gasteiger partial charge in [-0.2, -0.15) is 4.99 Å². The van der Waals surface area contributed by atoms with Crippen molar-refractivity contribution in [1.82, 2.24) is 4.98 Å². The zero-order valence-electron chi connectivity index (χ0n) is 25.8. The normalized spacial score (nSPS) is 23.4. The van der Waals surface area contributed by atoms with Crippen LogP contribution >= 0.6 is 0 Å². The van der Waals surface area contributed by atoms with Crippen LogP contribution in [-0.4, -0.2) is 94.2 Å². The summed E-state index contributed by atoms with van der Waals surface area (Å²) in [6.45, 7) is 1.69. The molecule has 0 spiro atoms. The highest BCUT2D eigenvalue weighted by Crippen LogP contribution is 2.42. The van der Waals surface area contributed by atoms with Gasteiger partial charge in [-0.3, -0.25) is 9.59 Å². The fourth-order valence-corrected chi connectivity index (χ4v) is 5.90. The van der Waals surface area contributed by atoms with E-state index < -0.39 is 36.5 Å². The lowest BCUT2D eigenvalue weighted by molar-refractivity contribution is -0.279. The Kier molecular flexibility index (Phi) is 9.30. The molecule has 1 fully saturated rings. The lowest BCUT2D eigenvalue weighted by atomic mass is 9.94. The monoisotopic (exact) mass is 643 g/mol. The summed E-state index contributed by atoms with van der Waals surface area (Å²) in [7, 11) is 1.45. The van der Waals surface area contributed by atoms with Crippen molar-refractivity contribution in [1.29, 1.82) is 0 Å². The molecule has 0 radical (unpaired) electrons. The minimum absolute atomic E-state index is 0.00376. The Labute approximate surface area is 270 Å². The molecule has 5 atom stereocenters. The molecule has 3 aromatic rings. The quantitative estimate of drug-likeness (QED) is 0.145. The molecule has 3 aliphatic rings. The molecule has 6 rings (SSSR count). The maximum atomic E-state index is 13.3. The molecule has 12 nitrogen and oxygen atoms in total. The van der Waals surface area contributed by atoms with Gasteiger partial charge in [0.1, 0.15) is 53.8 Å². The highest BCUT2D eigenvalue weighted by molar-refractivity contribution is 6.09. The number of phenols is 1. The molecule has 1 aliphatic carbocycles. The summed E-state index contributed by atoms with van der Waals surface area (Å²) in [5.41, 5.74) is 3.55. The van der Waals surface area contributed by atoms with Gasteiger partial charge in [-0.25, -0.2) is 0 Å². The smallest absolute Gasteiger partial charge is 0.229 e. The van der Waals surface area contributed by atoms with Gasteiger partial charge < -0.3 is 44.4 Å². The summed E-state index contributed by atoms with van der Waals surface area (Å²) in [5.74, 6) is -0.684. The van der Waals surface area contributed by atoms with Crippen LogP contribution < -0.4 is 9.47 Å². The summed E-state index contributed by atoms with van der Waals surface area (Å²) in [5, 5.41) is 44.3. The topological polar surface area (TPSA) is 180 Å². The second-order valence-corrected chi connectivity index (χ2v) is 11.5. The van der Waals surface area contributed by atoms with Crippen LogP contribution in [0, 0.1) is 13.3 Å². The van der Waals surface area contributed by atoms with Gasteiger partial charge in [0.15, 0.2) is 17.3 Å². The molecule has 0 saturated carbocycles. The zero-order valence-corrected chi connectivity index (χ0v) is 25.8. The number of rotatable bonds is 12. The van der Waals surface area contributed by atoms with Crippen LogP contribution in [0.3, 0.4) is 0 Å². The van der Waals surface area contributed by atoms with Gasteiger partial charge in [-0.15, -0.1) is 0 Å². The number of benzene rings is 2. The molecule has 5 N–H and O–H groups in total. The van der Waals surface area contributed by atoms with E-state index in [9.17, 15) is 30.0 Å². The molecular formula is C35H35N2O10+. The first-order valence-corrected chi connectivity index (χ1v) is 15.1. The molecule has 3 heterocycles. The number of aromatic nitrogens is 1. The lowest BCUT2D eigenvalue weighted by Gasteiger charge is -2.40. The number of hydrogen-bond acceptors (Lipinski definition) is 11. The Bertz CT molecular complexity index is 1810. The van der Waals surface area contributed by atoms with E-state index >= 15 is 0 Å². The maximum Gasteiger partial charge on any atom is 0.229 e. The van der Waals surface area contributed by atoms with Gasteiger partial charge in [-0.1, -0.05) is 6.07 Å². The Morgan fingerprint density at radius 3 is 2.66 bits per heavy atom. The summed E-state index contributed by atoms with van der Waals surface area (Å²) in [6, 6.07) is 6.41. The Hall–Kier alpha value is -4.72. The summed E-state index contributed by atoms with van der Waals surface area (Å²) >= 11 is 0. The van der Waals surface area contributed by atoms with Crippen molar-refractivity contribution in [3.63, 3.8) is 0 Å². The number of methoxy groups -OCH3 is 1. The SMILES string of the molecule is COc1cc(OC2OC(COCC3=C4[CH+]C=CC=C4N=C3)C(O)C(O)C2O)c2c(O)c(C(=O)CCC(=O)c3cc[nH]c3)c(C)cc2c1. The van der Waals surface area contributed by atoms with E-state index in [1.165, 1.54) is 13.2 Å². The van der Waals surface area contributed by atoms with Crippen molar-refractivity contribution in [2.24, 2.45) is 4.99 Å². The molecule has 12 heteroatoms. The number of Topliss-reactive ketones (excluding diaryl/α,β-unsaturated/α-hetero) is 2. The molecule has 1 aromatic heterocycles. The number of H-pyrrole nitrogens is 1. The highest BCUT2D eigenvalue weighted by atomic mass is 16.7. The van der Waals surface area contributed by atoms with Gasteiger partial charge in [0.05, 0.1) is 36.5 Å². The summed E-state index contributed by atoms with van der Waals surface area (Å²) in [4.78, 5) is 33.0. The number of aliphatic hydroxyl groups excluding tert-OH is 3. The average Bonchev–Trinajstić information content (AvgIpc) is 3.75. The van der Waals surface area contributed by atoms with Gasteiger partial charge in [-0.05, 0) is 30.0 Å². The fraction of sp³-hybridized carbons (Fsp3) is 0.314. The molecule has 2 aliphatic heterocycles. The van der Waals surface area contributed by atoms with E-state index in [2.05, 4.69) is 9.98 Å². The van der Waals surface area contributed by atoms with E-state index in [1.54, 1.807) is 43.7 Å². The minimum Gasteiger partial charge on any atom is -0.506 e. The molecule has 47 heavy (non-hydrogen) atoms. The Morgan fingerprint density at radius 2 is 1.89 bits per heavy atom. The number of aliphatic imine (C=N–C) groups is 1. The lowest BCUT2D eigenvalue weighted by Crippen LogP contribution is -2.60. The fourth-order valence-electron chi connectivity index (χ4n) is 5.90. The van der Waals surface area contributed by atoms with Crippen molar-refractivity contribution >= 4 is 28.6 Å². The summed E-state index contributed by atoms with van der Waals surface area (Å²) in [6.07, 6.45) is 4.88. The number of aryl methyl sites for hydroxylation is 1. The number of carbonyl (C=O) groups is 2. The molecule has 244 valence electrons. The minimum atomic E-state index is -1.68. The van der Waals surface area contributed by atoms with Crippen molar-refractivity contribution in [2.45, 2.75) is 50.5 Å². The average molecular weight is 644 g/mol. The van der Waals surface area contributed by atoms with Crippen LogP contribution in [0.25, 0.3) is 10.8 Å². The van der Waals surface area contributed by atoms with Crippen molar-refractivity contribution in [2.75, 3.05) is 20.3 Å². The largest absolute Gasteiger partial charge is 0.506 e. The van der Waals surface area contributed by atoms with Gasteiger partial charge >= 0.3 is 0 Å². The molecule has 2 aromatic carbocycles. The van der Waals surface area contributed by atoms with E-state index in [1.807, 2.05) is 24.6 Å². The van der Waals surface area contributed by atoms with E-state index in [-0.39, 0.29) is 54.3 Å². The van der Waals surface area contributed by atoms with Crippen LogP contribution in [0.5, 0.6) is 17.2 Å². The number of fused-ring (bicyclic) bond motifs is 2. The Balaban J connectivity index is 1.22. The van der Waals surface area contributed by atoms with Crippen molar-refractivity contribution in [3.8, 4) is 17.2 Å². The van der Waals surface area contributed by atoms with Crippen LogP contribution in [0.2, 0.25) is 0 Å². The molecule has 0 amide bonds. The third-order valence-electron chi connectivity index (χ3n) is 8.42. The van der Waals surface area contributed by atoms with Gasteiger partial charge in [0.25, 0.3) is 0 Å². The second-order valence-electron chi connectivity index (χ2n) is 11.5. The third kappa shape index (κ3) is 6.46. The number of hydrogen-bond donors (Lipinski definition) is 5. The number of ketones is 2. The predicted octanol–water partition coefficient (Wildman–Crippen LogP) is 3.28. The first-order valence-electron chi connectivity index (χ1n) is 15.1. The number of nitrogens with zero attached hydrogens (tertiary/aromatic N) is 1. The van der Waals surface area contributed by atoms with Crippen LogP contribution in [0.4, 0.5) is 0 Å². The molecule has 1 saturated heterocycles. The summed E-state index contributed by atoms with van der Waals surface area (Å²) < 4.78 is 23.2. The van der Waals surface area contributed by atoms with Crippen molar-refractivity contribution < 1.29 is 49.0 Å². The van der Waals surface area contributed by atoms with E-state index in [4.69, 9.17) is 18.9 Å². The predicted molar refractivity (Wildman–Crippen MR) is 171 cm³/mol. The number of allylic oxidation sites excluding steroid dienone is 4. The first-order chi connectivity index (χ1) is 22.7. The number of ether oxygens (including phenoxy) is 4. The van der Waals surface area contributed by atoms with E-state index in [0.29, 0.717) is 22.3 Å². The van der Waals surface area contributed by atoms with Gasteiger partial charge in [0.2, 0.25) is 6.29 Å². The van der Waals surface area contributed by atoms with E-state index in [0.717, 1.165) is 16.8 Å². The second kappa shape index (κ2) is 13.6. The number of aromatic hydroxyl groups is 1. The maximum absolute atomic E-state index is 13.3. The van der Waals surface area contributed by atoms with Gasteiger partial charge in [0, 0.05) is 61.5 Å². The number of aliphatic hydroxyl groups is 3. The Morgan fingerprint density at radius 1 is 1.09 bits per heavy atom.